The molecule has 0 spiro atoms. The molecular formula is C30H23BrN2O4. The molecule has 0 atom stereocenters. The van der Waals surface area contributed by atoms with Gasteiger partial charge in [-0.05, 0) is 66.1 Å². The van der Waals surface area contributed by atoms with E-state index in [2.05, 4.69) is 45.5 Å². The summed E-state index contributed by atoms with van der Waals surface area (Å²) in [5.74, 6) is -0.947. The molecule has 0 aliphatic carbocycles. The third-order valence-corrected chi connectivity index (χ3v) is 6.87. The second-order valence-electron chi connectivity index (χ2n) is 8.80. The summed E-state index contributed by atoms with van der Waals surface area (Å²) in [7, 11) is 0. The summed E-state index contributed by atoms with van der Waals surface area (Å²) in [5.41, 5.74) is 3.68. The van der Waals surface area contributed by atoms with Gasteiger partial charge in [-0.25, -0.2) is 9.69 Å². The van der Waals surface area contributed by atoms with Crippen LogP contribution in [0.3, 0.4) is 0 Å². The molecular weight excluding hydrogens is 532 g/mol. The number of benzene rings is 4. The Labute approximate surface area is 222 Å². The highest BCUT2D eigenvalue weighted by molar-refractivity contribution is 9.10. The third kappa shape index (κ3) is 4.78. The van der Waals surface area contributed by atoms with Crippen molar-refractivity contribution in [2.75, 3.05) is 4.90 Å². The van der Waals surface area contributed by atoms with Gasteiger partial charge in [0.2, 0.25) is 0 Å². The van der Waals surface area contributed by atoms with Crippen LogP contribution in [0.25, 0.3) is 16.8 Å². The Morgan fingerprint density at radius 1 is 0.892 bits per heavy atom. The Kier molecular flexibility index (Phi) is 6.63. The third-order valence-electron chi connectivity index (χ3n) is 6.38. The first-order valence-electron chi connectivity index (χ1n) is 11.7. The normalized spacial score (nSPS) is 14.8. The van der Waals surface area contributed by atoms with Crippen LogP contribution in [0.4, 0.5) is 10.5 Å². The van der Waals surface area contributed by atoms with Gasteiger partial charge in [-0.1, -0.05) is 70.5 Å². The fourth-order valence-corrected chi connectivity index (χ4v) is 4.77. The number of aryl methyl sites for hydroxylation is 2. The van der Waals surface area contributed by atoms with Crippen molar-refractivity contribution in [2.45, 2.75) is 20.5 Å². The van der Waals surface area contributed by atoms with Gasteiger partial charge in [0, 0.05) is 15.6 Å². The number of ether oxygens (including phenoxy) is 1. The predicted octanol–water partition coefficient (Wildman–Crippen LogP) is 6.46. The van der Waals surface area contributed by atoms with Crippen LogP contribution in [-0.4, -0.2) is 17.8 Å². The number of hydrogen-bond donors (Lipinski definition) is 1. The van der Waals surface area contributed by atoms with E-state index in [1.807, 2.05) is 31.2 Å². The summed E-state index contributed by atoms with van der Waals surface area (Å²) >= 11 is 3.46. The molecule has 1 heterocycles. The summed E-state index contributed by atoms with van der Waals surface area (Å²) in [6.07, 6.45) is 1.46. The van der Waals surface area contributed by atoms with Crippen LogP contribution in [0.1, 0.15) is 22.3 Å². The van der Waals surface area contributed by atoms with Gasteiger partial charge in [-0.15, -0.1) is 0 Å². The highest BCUT2D eigenvalue weighted by Gasteiger charge is 2.37. The number of halogens is 1. The van der Waals surface area contributed by atoms with Crippen molar-refractivity contribution < 1.29 is 19.1 Å². The number of carbonyl (C=O) groups is 3. The van der Waals surface area contributed by atoms with E-state index in [1.54, 1.807) is 37.3 Å². The maximum absolute atomic E-state index is 13.4. The number of imide groups is 2. The van der Waals surface area contributed by atoms with E-state index >= 15 is 0 Å². The molecule has 6 nitrogen and oxygen atoms in total. The fraction of sp³-hybridized carbons (Fsp3) is 0.100. The maximum atomic E-state index is 13.4. The smallest absolute Gasteiger partial charge is 0.335 e. The molecule has 5 rings (SSSR count). The van der Waals surface area contributed by atoms with E-state index in [0.717, 1.165) is 36.8 Å². The number of nitrogens with zero attached hydrogens (tertiary/aromatic N) is 1. The number of carbonyl (C=O) groups excluding carboxylic acids is 3. The SMILES string of the molecule is Cc1ccccc1N1C(=O)NC(=O)/C(=C\c2cc(Br)ccc2OCc2c(C)ccc3ccccc23)C1=O. The number of amides is 4. The molecule has 4 amide bonds. The number of anilines is 1. The van der Waals surface area contributed by atoms with Crippen molar-refractivity contribution in [3.8, 4) is 5.75 Å². The molecule has 1 saturated heterocycles. The standard InChI is InChI=1S/C30H23BrN2O4/c1-18-11-12-20-8-4-5-9-23(20)25(18)17-37-27-14-13-22(31)15-21(27)16-24-28(34)32-30(36)33(29(24)35)26-10-6-3-7-19(26)2/h3-16H,17H2,1-2H3,(H,32,34,36)/b24-16+. The second-order valence-corrected chi connectivity index (χ2v) is 9.71. The predicted molar refractivity (Wildman–Crippen MR) is 147 cm³/mol. The summed E-state index contributed by atoms with van der Waals surface area (Å²) in [4.78, 5) is 39.7. The van der Waals surface area contributed by atoms with Gasteiger partial charge in [0.25, 0.3) is 11.8 Å². The molecule has 0 radical (unpaired) electrons. The quantitative estimate of drug-likeness (QED) is 0.227. The van der Waals surface area contributed by atoms with Crippen LogP contribution < -0.4 is 15.0 Å². The van der Waals surface area contributed by atoms with Crippen LogP contribution >= 0.6 is 15.9 Å². The van der Waals surface area contributed by atoms with E-state index in [4.69, 9.17) is 4.74 Å². The number of rotatable bonds is 5. The lowest BCUT2D eigenvalue weighted by Crippen LogP contribution is -2.54. The first-order valence-corrected chi connectivity index (χ1v) is 12.5. The number of para-hydroxylation sites is 1. The van der Waals surface area contributed by atoms with Gasteiger partial charge in [0.05, 0.1) is 5.69 Å². The van der Waals surface area contributed by atoms with E-state index < -0.39 is 17.8 Å². The summed E-state index contributed by atoms with van der Waals surface area (Å²) < 4.78 is 7.00. The van der Waals surface area contributed by atoms with Crippen LogP contribution in [0.2, 0.25) is 0 Å². The van der Waals surface area contributed by atoms with Gasteiger partial charge in [0.15, 0.2) is 0 Å². The molecule has 1 N–H and O–H groups in total. The molecule has 0 bridgehead atoms. The molecule has 0 unspecified atom stereocenters. The van der Waals surface area contributed by atoms with E-state index in [0.29, 0.717) is 23.6 Å². The average molecular weight is 555 g/mol. The molecule has 37 heavy (non-hydrogen) atoms. The minimum atomic E-state index is -0.779. The Bertz CT molecular complexity index is 1610. The largest absolute Gasteiger partial charge is 0.488 e. The highest BCUT2D eigenvalue weighted by Crippen LogP contribution is 2.31. The molecule has 1 aliphatic rings. The molecule has 4 aromatic carbocycles. The number of nitrogens with one attached hydrogen (secondary N) is 1. The maximum Gasteiger partial charge on any atom is 0.335 e. The van der Waals surface area contributed by atoms with Gasteiger partial charge < -0.3 is 4.74 Å². The molecule has 1 fully saturated rings. The molecule has 0 saturated carbocycles. The topological polar surface area (TPSA) is 75.7 Å². The first-order chi connectivity index (χ1) is 17.8. The van der Waals surface area contributed by atoms with E-state index in [-0.39, 0.29) is 5.57 Å². The van der Waals surface area contributed by atoms with E-state index in [1.165, 1.54) is 6.08 Å². The van der Waals surface area contributed by atoms with Crippen LogP contribution in [0.5, 0.6) is 5.75 Å². The molecule has 184 valence electrons. The van der Waals surface area contributed by atoms with Crippen LogP contribution in [0, 0.1) is 13.8 Å². The number of urea groups is 1. The van der Waals surface area contributed by atoms with Crippen molar-refractivity contribution >= 4 is 56.3 Å². The number of hydrogen-bond acceptors (Lipinski definition) is 4. The van der Waals surface area contributed by atoms with Crippen molar-refractivity contribution in [3.05, 3.63) is 111 Å². The molecule has 4 aromatic rings. The fourth-order valence-electron chi connectivity index (χ4n) is 4.40. The molecule has 7 heteroatoms. The van der Waals surface area contributed by atoms with Crippen molar-refractivity contribution in [2.24, 2.45) is 0 Å². The number of fused-ring (bicyclic) bond motifs is 1. The van der Waals surface area contributed by atoms with Crippen LogP contribution in [0.15, 0.2) is 88.9 Å². The Morgan fingerprint density at radius 2 is 1.65 bits per heavy atom. The zero-order chi connectivity index (χ0) is 26.1. The average Bonchev–Trinajstić information content (AvgIpc) is 2.88. The van der Waals surface area contributed by atoms with Gasteiger partial charge in [0.1, 0.15) is 17.9 Å². The summed E-state index contributed by atoms with van der Waals surface area (Å²) in [6.45, 7) is 4.14. The van der Waals surface area contributed by atoms with Crippen LogP contribution in [-0.2, 0) is 16.2 Å². The molecule has 0 aromatic heterocycles. The van der Waals surface area contributed by atoms with Crippen molar-refractivity contribution in [1.29, 1.82) is 0 Å². The zero-order valence-electron chi connectivity index (χ0n) is 20.2. The highest BCUT2D eigenvalue weighted by atomic mass is 79.9. The molecule has 1 aliphatic heterocycles. The minimum absolute atomic E-state index is 0.160. The Balaban J connectivity index is 1.51. The van der Waals surface area contributed by atoms with Gasteiger partial charge in [-0.2, -0.15) is 0 Å². The van der Waals surface area contributed by atoms with Gasteiger partial charge >= 0.3 is 6.03 Å². The summed E-state index contributed by atoms with van der Waals surface area (Å²) in [5, 5.41) is 4.51. The van der Waals surface area contributed by atoms with E-state index in [9.17, 15) is 14.4 Å². The summed E-state index contributed by atoms with van der Waals surface area (Å²) in [6, 6.07) is 23.9. The Morgan fingerprint density at radius 3 is 2.46 bits per heavy atom. The lowest BCUT2D eigenvalue weighted by Gasteiger charge is -2.27. The lowest BCUT2D eigenvalue weighted by atomic mass is 10.0. The first kappa shape index (κ1) is 24.5. The zero-order valence-corrected chi connectivity index (χ0v) is 21.8. The minimum Gasteiger partial charge on any atom is -0.488 e. The second kappa shape index (κ2) is 10.0. The Hall–Kier alpha value is -4.23. The number of barbiturate groups is 1. The lowest BCUT2D eigenvalue weighted by molar-refractivity contribution is -0.122. The van der Waals surface area contributed by atoms with Gasteiger partial charge in [-0.3, -0.25) is 14.9 Å². The van der Waals surface area contributed by atoms with Crippen molar-refractivity contribution in [1.82, 2.24) is 5.32 Å². The monoisotopic (exact) mass is 554 g/mol. The van der Waals surface area contributed by atoms with Crippen molar-refractivity contribution in [3.63, 3.8) is 0 Å².